The summed E-state index contributed by atoms with van der Waals surface area (Å²) in [6.07, 6.45) is 0. The summed E-state index contributed by atoms with van der Waals surface area (Å²) in [6, 6.07) is 77.4. The van der Waals surface area contributed by atoms with Gasteiger partial charge in [0.05, 0.1) is 38.8 Å². The maximum Gasteiger partial charge on any atom is 0.256 e. The predicted octanol–water partition coefficient (Wildman–Crippen LogP) is 17.3. The highest BCUT2D eigenvalue weighted by molar-refractivity contribution is 6.99. The lowest BCUT2D eigenvalue weighted by Gasteiger charge is -2.41. The average Bonchev–Trinajstić information content (AvgIpc) is 4.00. The Morgan fingerprint density at radius 2 is 0.756 bits per heavy atom. The van der Waals surface area contributed by atoms with Crippen molar-refractivity contribution in [1.29, 1.82) is 0 Å². The highest BCUT2D eigenvalue weighted by atomic mass is 16.5. The van der Waals surface area contributed by atoms with Gasteiger partial charge in [0.1, 0.15) is 11.5 Å². The van der Waals surface area contributed by atoms with Gasteiger partial charge in [-0.1, -0.05) is 190 Å². The van der Waals surface area contributed by atoms with Crippen LogP contribution in [-0.2, 0) is 16.2 Å². The van der Waals surface area contributed by atoms with Gasteiger partial charge in [0.25, 0.3) is 6.71 Å². The van der Waals surface area contributed by atoms with Gasteiger partial charge in [-0.05, 0) is 122 Å². The van der Waals surface area contributed by atoms with Gasteiger partial charge in [-0.3, -0.25) is 0 Å². The van der Waals surface area contributed by atoms with Crippen LogP contribution < -0.4 is 26.0 Å². The molecule has 0 bridgehead atoms. The van der Waals surface area contributed by atoms with E-state index in [0.29, 0.717) is 0 Å². The zero-order valence-electron chi connectivity index (χ0n) is 45.9. The lowest BCUT2D eigenvalue weighted by molar-refractivity contribution is 0.486. The van der Waals surface area contributed by atoms with E-state index in [2.05, 4.69) is 287 Å². The molecule has 0 unspecified atom stereocenters. The summed E-state index contributed by atoms with van der Waals surface area (Å²) in [5.41, 5.74) is 21.2. The summed E-state index contributed by atoms with van der Waals surface area (Å²) < 4.78 is 15.1. The Morgan fingerprint density at radius 1 is 0.333 bits per heavy atom. The molecule has 5 nitrogen and oxygen atoms in total. The number of hydrogen-bond acceptors (Lipinski definition) is 2. The number of ether oxygens (including phenoxy) is 1. The molecule has 5 heterocycles. The molecule has 6 heteroatoms. The van der Waals surface area contributed by atoms with Crippen LogP contribution >= 0.6 is 0 Å². The van der Waals surface area contributed by atoms with E-state index in [9.17, 15) is 0 Å². The van der Waals surface area contributed by atoms with Crippen LogP contribution in [0.1, 0.15) is 79.0 Å². The molecule has 0 fully saturated rings. The second-order valence-electron chi connectivity index (χ2n) is 25.0. The minimum absolute atomic E-state index is 0.00439. The first-order valence-electron chi connectivity index (χ1n) is 27.7. The minimum Gasteiger partial charge on any atom is -0.458 e. The lowest BCUT2D eigenvalue weighted by atomic mass is 9.33. The fourth-order valence-electron chi connectivity index (χ4n) is 13.3. The molecule has 2 aliphatic heterocycles. The zero-order valence-corrected chi connectivity index (χ0v) is 45.9. The van der Waals surface area contributed by atoms with E-state index < -0.39 is 0 Å². The number of para-hydroxylation sites is 5. The number of rotatable bonds is 4. The van der Waals surface area contributed by atoms with Gasteiger partial charge in [0.2, 0.25) is 0 Å². The van der Waals surface area contributed by atoms with E-state index >= 15 is 0 Å². The topological polar surface area (TPSA) is 27.3 Å². The molecular weight excluding hydrogens is 948 g/mol. The first-order chi connectivity index (χ1) is 37.6. The number of anilines is 3. The maximum absolute atomic E-state index is 7.47. The highest BCUT2D eigenvalue weighted by Gasteiger charge is 2.44. The number of fused-ring (bicyclic) bond motifs is 16. The monoisotopic (exact) mass is 1010 g/mol. The summed E-state index contributed by atoms with van der Waals surface area (Å²) in [4.78, 5) is 2.53. The summed E-state index contributed by atoms with van der Waals surface area (Å²) in [5.74, 6) is 1.78. The minimum atomic E-state index is -0.0765. The smallest absolute Gasteiger partial charge is 0.256 e. The molecule has 0 saturated carbocycles. The molecule has 10 aromatic carbocycles. The largest absolute Gasteiger partial charge is 0.458 e. The molecule has 0 radical (unpaired) electrons. The van der Waals surface area contributed by atoms with Gasteiger partial charge < -0.3 is 23.3 Å². The molecule has 2 aliphatic rings. The van der Waals surface area contributed by atoms with Crippen molar-refractivity contribution < 1.29 is 4.74 Å². The normalized spacial score (nSPS) is 13.5. The number of hydrogen-bond donors (Lipinski definition) is 0. The van der Waals surface area contributed by atoms with Crippen LogP contribution in [0.3, 0.4) is 0 Å². The average molecular weight is 1010 g/mol. The summed E-state index contributed by atoms with van der Waals surface area (Å²) in [7, 11) is 0. The SMILES string of the molecule is CC(C)(C)c1ccc(N2c3ccc(C(C)(C)C)cc3B3c4cc(C(C)(C)C)ccc4Oc4cc(-n5c6ccccc6c6c7c(c8ccccc8n7-c7ccccc7)c7c(c8ccccc8n7-c7ccccc7)c65)cc2c43)cc1. The van der Waals surface area contributed by atoms with Crippen LogP contribution in [0.2, 0.25) is 0 Å². The molecule has 78 heavy (non-hydrogen) atoms. The molecular formula is C72H61BN4O. The molecule has 0 atom stereocenters. The van der Waals surface area contributed by atoms with Gasteiger partial charge in [0.15, 0.2) is 0 Å². The molecule has 378 valence electrons. The molecule has 0 aliphatic carbocycles. The molecule has 0 amide bonds. The number of benzene rings is 10. The quantitative estimate of drug-likeness (QED) is 0.164. The maximum atomic E-state index is 7.47. The fraction of sp³-hybridized carbons (Fsp3) is 0.167. The third kappa shape index (κ3) is 6.68. The molecule has 15 rings (SSSR count). The fourth-order valence-corrected chi connectivity index (χ4v) is 13.3. The lowest BCUT2D eigenvalue weighted by Crippen LogP contribution is -2.60. The molecule has 0 N–H and O–H groups in total. The van der Waals surface area contributed by atoms with Gasteiger partial charge in [-0.25, -0.2) is 0 Å². The molecule has 13 aromatic rings. The first-order valence-corrected chi connectivity index (χ1v) is 27.7. The Kier molecular flexibility index (Phi) is 9.78. The highest BCUT2D eigenvalue weighted by Crippen LogP contribution is 2.52. The Hall–Kier alpha value is -8.74. The van der Waals surface area contributed by atoms with Crippen molar-refractivity contribution in [1.82, 2.24) is 13.7 Å². The number of aromatic nitrogens is 3. The standard InChI is InChI=1S/C72H61BN4O/c1-70(2,3)44-32-36-49(37-33-44)74-59-38-34-45(71(4,5)6)40-54(59)73-55-41-46(72(7,8)9)35-39-61(55)78-62-43-50(42-60(74)66(62)73)77-58-31-21-18-28-53(58)65-68-63(51-26-16-19-29-56(51)75(68)47-22-12-10-13-23-47)67-64(69(65)77)52-27-17-20-30-57(52)76(67)48-24-14-11-15-25-48/h10-43H,1-9H3. The summed E-state index contributed by atoms with van der Waals surface area (Å²) >= 11 is 0. The first kappa shape index (κ1) is 46.6. The Morgan fingerprint density at radius 3 is 1.24 bits per heavy atom. The summed E-state index contributed by atoms with van der Waals surface area (Å²) in [6.45, 7) is 20.7. The van der Waals surface area contributed by atoms with Gasteiger partial charge >= 0.3 is 0 Å². The van der Waals surface area contributed by atoms with E-state index in [4.69, 9.17) is 4.74 Å². The summed E-state index contributed by atoms with van der Waals surface area (Å²) in [5, 5.41) is 7.26. The van der Waals surface area contributed by atoms with Crippen molar-refractivity contribution in [3.63, 3.8) is 0 Å². The van der Waals surface area contributed by atoms with Crippen molar-refractivity contribution in [2.75, 3.05) is 4.90 Å². The van der Waals surface area contributed by atoms with E-state index in [1.807, 2.05) is 0 Å². The van der Waals surface area contributed by atoms with Crippen LogP contribution in [0.15, 0.2) is 206 Å². The Balaban J connectivity index is 1.14. The van der Waals surface area contributed by atoms with Crippen molar-refractivity contribution in [2.45, 2.75) is 78.6 Å². The van der Waals surface area contributed by atoms with Crippen LogP contribution in [0, 0.1) is 0 Å². The van der Waals surface area contributed by atoms with Crippen molar-refractivity contribution >= 4 is 106 Å². The third-order valence-electron chi connectivity index (χ3n) is 17.1. The van der Waals surface area contributed by atoms with Crippen LogP contribution in [0.4, 0.5) is 17.1 Å². The second kappa shape index (κ2) is 16.4. The van der Waals surface area contributed by atoms with Crippen LogP contribution in [-0.4, -0.2) is 20.4 Å². The molecule has 0 saturated heterocycles. The van der Waals surface area contributed by atoms with E-state index in [1.165, 1.54) is 87.6 Å². The molecule has 3 aromatic heterocycles. The van der Waals surface area contributed by atoms with Crippen LogP contribution in [0.5, 0.6) is 11.5 Å². The predicted molar refractivity (Wildman–Crippen MR) is 331 cm³/mol. The second-order valence-corrected chi connectivity index (χ2v) is 25.0. The Bertz CT molecular complexity index is 4560. The third-order valence-corrected chi connectivity index (χ3v) is 17.1. The Labute approximate surface area is 456 Å². The number of nitrogens with zero attached hydrogens (tertiary/aromatic N) is 4. The van der Waals surface area contributed by atoms with Gasteiger partial charge in [0, 0.05) is 66.8 Å². The van der Waals surface area contributed by atoms with E-state index in [0.717, 1.165) is 56.5 Å². The van der Waals surface area contributed by atoms with Crippen molar-refractivity contribution in [2.24, 2.45) is 0 Å². The van der Waals surface area contributed by atoms with E-state index in [-0.39, 0.29) is 23.0 Å². The zero-order chi connectivity index (χ0) is 53.1. The van der Waals surface area contributed by atoms with Gasteiger partial charge in [-0.2, -0.15) is 0 Å². The van der Waals surface area contributed by atoms with Gasteiger partial charge in [-0.15, -0.1) is 0 Å². The van der Waals surface area contributed by atoms with Crippen molar-refractivity contribution in [3.8, 4) is 28.6 Å². The van der Waals surface area contributed by atoms with Crippen molar-refractivity contribution in [3.05, 3.63) is 223 Å². The van der Waals surface area contributed by atoms with E-state index in [1.54, 1.807) is 0 Å². The van der Waals surface area contributed by atoms with Crippen LogP contribution in [0.25, 0.3) is 82.5 Å². The molecule has 0 spiro atoms.